The molecule has 1 aliphatic rings. The Hall–Kier alpha value is -1.36. The fraction of sp³-hybridized carbons (Fsp3) is 0.714. The van der Waals surface area contributed by atoms with Crippen LogP contribution in [0.4, 0.5) is 11.6 Å². The highest BCUT2D eigenvalue weighted by atomic mass is 16.5. The van der Waals surface area contributed by atoms with Gasteiger partial charge in [0.05, 0.1) is 0 Å². The molecule has 0 aliphatic heterocycles. The van der Waals surface area contributed by atoms with E-state index >= 15 is 0 Å². The number of anilines is 2. The zero-order valence-electron chi connectivity index (χ0n) is 12.1. The fourth-order valence-electron chi connectivity index (χ4n) is 1.95. The zero-order chi connectivity index (χ0) is 13.7. The van der Waals surface area contributed by atoms with Gasteiger partial charge in [-0.2, -0.15) is 0 Å². The van der Waals surface area contributed by atoms with E-state index in [0.29, 0.717) is 12.0 Å². The van der Waals surface area contributed by atoms with Crippen LogP contribution in [0.3, 0.4) is 0 Å². The summed E-state index contributed by atoms with van der Waals surface area (Å²) in [6.45, 7) is 5.85. The van der Waals surface area contributed by atoms with Crippen LogP contribution in [-0.4, -0.2) is 36.3 Å². The van der Waals surface area contributed by atoms with Crippen LogP contribution in [-0.2, 0) is 4.74 Å². The maximum atomic E-state index is 5.10. The summed E-state index contributed by atoms with van der Waals surface area (Å²) in [5.41, 5.74) is 0. The number of nitrogens with one attached hydrogen (secondary N) is 2. The Morgan fingerprint density at radius 2 is 2.11 bits per heavy atom. The molecule has 1 saturated carbocycles. The number of hydrogen-bond acceptors (Lipinski definition) is 5. The first-order chi connectivity index (χ1) is 9.22. The summed E-state index contributed by atoms with van der Waals surface area (Å²) in [5, 5.41) is 6.70. The normalized spacial score (nSPS) is 16.2. The second kappa shape index (κ2) is 6.70. The van der Waals surface area contributed by atoms with Gasteiger partial charge in [0.2, 0.25) is 0 Å². The molecule has 0 saturated heterocycles. The minimum atomic E-state index is 0.344. The van der Waals surface area contributed by atoms with E-state index < -0.39 is 0 Å². The Kier molecular flexibility index (Phi) is 4.96. The van der Waals surface area contributed by atoms with Gasteiger partial charge in [-0.1, -0.05) is 0 Å². The van der Waals surface area contributed by atoms with Crippen LogP contribution in [0.25, 0.3) is 0 Å². The average Bonchev–Trinajstić information content (AvgIpc) is 3.20. The molecule has 0 spiro atoms. The third-order valence-corrected chi connectivity index (χ3v) is 3.19. The van der Waals surface area contributed by atoms with Gasteiger partial charge in [0, 0.05) is 38.3 Å². The topological polar surface area (TPSA) is 59.1 Å². The minimum absolute atomic E-state index is 0.344. The summed E-state index contributed by atoms with van der Waals surface area (Å²) in [4.78, 5) is 9.19. The molecule has 1 fully saturated rings. The highest BCUT2D eigenvalue weighted by Crippen LogP contribution is 2.38. The van der Waals surface area contributed by atoms with E-state index in [0.717, 1.165) is 37.0 Å². The van der Waals surface area contributed by atoms with E-state index in [4.69, 9.17) is 4.74 Å². The van der Waals surface area contributed by atoms with E-state index in [1.165, 1.54) is 12.8 Å². The third kappa shape index (κ3) is 4.35. The Balaban J connectivity index is 2.05. The lowest BCUT2D eigenvalue weighted by atomic mass is 10.2. The average molecular weight is 264 g/mol. The Bertz CT molecular complexity index is 406. The summed E-state index contributed by atoms with van der Waals surface area (Å²) in [6, 6.07) is 2.33. The van der Waals surface area contributed by atoms with E-state index in [1.54, 1.807) is 7.11 Å². The van der Waals surface area contributed by atoms with Crippen molar-refractivity contribution in [3.05, 3.63) is 11.9 Å². The molecule has 1 aromatic rings. The van der Waals surface area contributed by atoms with Gasteiger partial charge >= 0.3 is 0 Å². The summed E-state index contributed by atoms with van der Waals surface area (Å²) >= 11 is 0. The number of methoxy groups -OCH3 is 1. The van der Waals surface area contributed by atoms with Crippen LogP contribution < -0.4 is 10.6 Å². The number of aromatic nitrogens is 2. The van der Waals surface area contributed by atoms with Gasteiger partial charge in [-0.15, -0.1) is 0 Å². The van der Waals surface area contributed by atoms with Crippen LogP contribution in [0.1, 0.15) is 44.9 Å². The molecule has 5 heteroatoms. The standard InChI is InChI=1S/C14H24N4O/c1-4-15-12-9-13(16-10(2)7-8-19-3)18-14(17-12)11-5-6-11/h9-11H,4-8H2,1-3H3,(H2,15,16,17,18). The molecule has 5 nitrogen and oxygen atoms in total. The molecule has 0 radical (unpaired) electrons. The molecule has 1 aromatic heterocycles. The van der Waals surface area contributed by atoms with Crippen molar-refractivity contribution in [2.75, 3.05) is 30.9 Å². The molecule has 19 heavy (non-hydrogen) atoms. The number of hydrogen-bond donors (Lipinski definition) is 2. The summed E-state index contributed by atoms with van der Waals surface area (Å²) < 4.78 is 5.10. The Morgan fingerprint density at radius 1 is 1.37 bits per heavy atom. The Labute approximate surface area is 115 Å². The van der Waals surface area contributed by atoms with Gasteiger partial charge in [0.1, 0.15) is 17.5 Å². The van der Waals surface area contributed by atoms with Gasteiger partial charge < -0.3 is 15.4 Å². The highest BCUT2D eigenvalue weighted by molar-refractivity contribution is 5.48. The first-order valence-electron chi connectivity index (χ1n) is 7.11. The lowest BCUT2D eigenvalue weighted by molar-refractivity contribution is 0.191. The largest absolute Gasteiger partial charge is 0.385 e. The van der Waals surface area contributed by atoms with E-state index in [2.05, 4.69) is 34.4 Å². The first-order valence-corrected chi connectivity index (χ1v) is 7.11. The second-order valence-electron chi connectivity index (χ2n) is 5.13. The predicted octanol–water partition coefficient (Wildman–Crippen LogP) is 2.62. The summed E-state index contributed by atoms with van der Waals surface area (Å²) in [5.74, 6) is 3.37. The van der Waals surface area contributed by atoms with Gasteiger partial charge in [0.15, 0.2) is 0 Å². The molecule has 0 amide bonds. The van der Waals surface area contributed by atoms with Crippen LogP contribution in [0, 0.1) is 0 Å². The van der Waals surface area contributed by atoms with Crippen LogP contribution in [0.15, 0.2) is 6.07 Å². The molecule has 106 valence electrons. The van der Waals surface area contributed by atoms with E-state index in [-0.39, 0.29) is 0 Å². The smallest absolute Gasteiger partial charge is 0.136 e. The monoisotopic (exact) mass is 264 g/mol. The molecule has 2 rings (SSSR count). The quantitative estimate of drug-likeness (QED) is 0.756. The zero-order valence-corrected chi connectivity index (χ0v) is 12.1. The maximum absolute atomic E-state index is 5.10. The molecule has 1 unspecified atom stereocenters. The van der Waals surface area contributed by atoms with Crippen molar-refractivity contribution in [1.82, 2.24) is 9.97 Å². The number of nitrogens with zero attached hydrogens (tertiary/aromatic N) is 2. The molecule has 1 heterocycles. The third-order valence-electron chi connectivity index (χ3n) is 3.19. The summed E-state index contributed by atoms with van der Waals surface area (Å²) in [6.07, 6.45) is 3.40. The van der Waals surface area contributed by atoms with Gasteiger partial charge in [-0.25, -0.2) is 9.97 Å². The van der Waals surface area contributed by atoms with Crippen molar-refractivity contribution in [2.45, 2.75) is 45.1 Å². The van der Waals surface area contributed by atoms with Crippen LogP contribution in [0.5, 0.6) is 0 Å². The van der Waals surface area contributed by atoms with Gasteiger partial charge in [-0.3, -0.25) is 0 Å². The first kappa shape index (κ1) is 14.1. The second-order valence-corrected chi connectivity index (χ2v) is 5.13. The lowest BCUT2D eigenvalue weighted by Crippen LogP contribution is -2.19. The van der Waals surface area contributed by atoms with E-state index in [1.807, 2.05) is 6.07 Å². The predicted molar refractivity (Wildman–Crippen MR) is 77.7 cm³/mol. The molecule has 2 N–H and O–H groups in total. The van der Waals surface area contributed by atoms with Crippen molar-refractivity contribution in [3.8, 4) is 0 Å². The van der Waals surface area contributed by atoms with Crippen LogP contribution in [0.2, 0.25) is 0 Å². The molecule has 0 bridgehead atoms. The van der Waals surface area contributed by atoms with E-state index in [9.17, 15) is 0 Å². The Morgan fingerprint density at radius 3 is 2.74 bits per heavy atom. The van der Waals surface area contributed by atoms with Crippen molar-refractivity contribution < 1.29 is 4.74 Å². The number of rotatable bonds is 8. The maximum Gasteiger partial charge on any atom is 0.136 e. The minimum Gasteiger partial charge on any atom is -0.385 e. The molecular formula is C14H24N4O. The number of ether oxygens (including phenoxy) is 1. The van der Waals surface area contributed by atoms with Crippen molar-refractivity contribution in [3.63, 3.8) is 0 Å². The lowest BCUT2D eigenvalue weighted by Gasteiger charge is -2.15. The molecule has 0 aromatic carbocycles. The van der Waals surface area contributed by atoms with Gasteiger partial charge in [-0.05, 0) is 33.1 Å². The SMILES string of the molecule is CCNc1cc(NC(C)CCOC)nc(C2CC2)n1. The molecular weight excluding hydrogens is 240 g/mol. The highest BCUT2D eigenvalue weighted by Gasteiger charge is 2.27. The van der Waals surface area contributed by atoms with Crippen LogP contribution >= 0.6 is 0 Å². The van der Waals surface area contributed by atoms with Crippen molar-refractivity contribution in [1.29, 1.82) is 0 Å². The molecule has 1 atom stereocenters. The summed E-state index contributed by atoms with van der Waals surface area (Å²) in [7, 11) is 1.73. The van der Waals surface area contributed by atoms with Crippen molar-refractivity contribution >= 4 is 11.6 Å². The van der Waals surface area contributed by atoms with Gasteiger partial charge in [0.25, 0.3) is 0 Å². The fourth-order valence-corrected chi connectivity index (χ4v) is 1.95. The molecule has 1 aliphatic carbocycles. The van der Waals surface area contributed by atoms with Crippen molar-refractivity contribution in [2.24, 2.45) is 0 Å².